The number of aromatic nitrogens is 2. The van der Waals surface area contributed by atoms with Gasteiger partial charge in [-0.2, -0.15) is 0 Å². The van der Waals surface area contributed by atoms with Gasteiger partial charge in [0, 0.05) is 18.2 Å². The maximum absolute atomic E-state index is 12.8. The Labute approximate surface area is 212 Å². The molecule has 0 radical (unpaired) electrons. The normalized spacial score (nSPS) is 25.9. The van der Waals surface area contributed by atoms with Crippen molar-refractivity contribution in [3.05, 3.63) is 45.8 Å². The summed E-state index contributed by atoms with van der Waals surface area (Å²) in [6, 6.07) is 1.31. The molecule has 0 bridgehead atoms. The maximum Gasteiger partial charge on any atom is 0.330 e. The van der Waals surface area contributed by atoms with Crippen LogP contribution in [-0.4, -0.2) is 44.5 Å². The van der Waals surface area contributed by atoms with Gasteiger partial charge < -0.3 is 13.6 Å². The highest BCUT2D eigenvalue weighted by Gasteiger charge is 2.59. The second kappa shape index (κ2) is 9.98. The molecule has 0 amide bonds. The third-order valence-electron chi connectivity index (χ3n) is 8.04. The van der Waals surface area contributed by atoms with Crippen LogP contribution in [0.2, 0.25) is 36.3 Å². The van der Waals surface area contributed by atoms with Crippen LogP contribution in [0.5, 0.6) is 0 Å². The van der Waals surface area contributed by atoms with Gasteiger partial charge in [-0.25, -0.2) is 4.79 Å². The minimum absolute atomic E-state index is 0.0209. The summed E-state index contributed by atoms with van der Waals surface area (Å²) >= 11 is 0. The van der Waals surface area contributed by atoms with Crippen LogP contribution in [0.3, 0.4) is 0 Å². The van der Waals surface area contributed by atoms with Crippen LogP contribution >= 0.6 is 0 Å². The molecule has 1 aromatic heterocycles. The zero-order chi connectivity index (χ0) is 27.0. The summed E-state index contributed by atoms with van der Waals surface area (Å²) in [7, 11) is -4.49. The van der Waals surface area contributed by atoms with E-state index < -0.39 is 45.8 Å². The third-order valence-corrected chi connectivity index (χ3v) is 17.0. The number of aromatic amines is 1. The molecule has 2 heterocycles. The van der Waals surface area contributed by atoms with Crippen LogP contribution in [0.15, 0.2) is 34.5 Å². The van der Waals surface area contributed by atoms with Crippen molar-refractivity contribution >= 4 is 16.6 Å². The number of hydrogen-bond donors (Lipinski definition) is 1. The highest BCUT2D eigenvalue weighted by Crippen LogP contribution is 2.49. The van der Waals surface area contributed by atoms with E-state index in [9.17, 15) is 9.59 Å². The number of nitrogens with zero attached hydrogens (tertiary/aromatic N) is 1. The van der Waals surface area contributed by atoms with E-state index in [1.54, 1.807) is 6.08 Å². The van der Waals surface area contributed by atoms with E-state index in [-0.39, 0.29) is 22.6 Å². The van der Waals surface area contributed by atoms with Crippen molar-refractivity contribution < 1.29 is 13.6 Å². The van der Waals surface area contributed by atoms with Crippen LogP contribution in [-0.2, 0) is 13.6 Å². The lowest BCUT2D eigenvalue weighted by atomic mass is 9.88. The average Bonchev–Trinajstić information content (AvgIpc) is 2.98. The van der Waals surface area contributed by atoms with Crippen LogP contribution < -0.4 is 11.2 Å². The largest absolute Gasteiger partial charge is 0.413 e. The minimum Gasteiger partial charge on any atom is -0.413 e. The smallest absolute Gasteiger partial charge is 0.330 e. The third kappa shape index (κ3) is 6.00. The van der Waals surface area contributed by atoms with Crippen LogP contribution in [0, 0.1) is 18.3 Å². The lowest BCUT2D eigenvalue weighted by Gasteiger charge is -2.44. The number of rotatable bonds is 8. The van der Waals surface area contributed by atoms with Crippen LogP contribution in [0.25, 0.3) is 0 Å². The second-order valence-corrected chi connectivity index (χ2v) is 22.2. The topological polar surface area (TPSA) is 82.5 Å². The number of terminal acetylenes is 1. The summed E-state index contributed by atoms with van der Waals surface area (Å²) in [6.45, 7) is 25.8. The standard InChI is InChI=1S/C26H44N2O5Si2/c1-13-15-19-21(33-35(11,12)25(6,7)8)26(14-2,18-31-34(9,10)24(3,4)5)32-22(19)28-17-16-20(29)27-23(28)30/h2,13,16-17,19,21-22H,1,15,18H2,3-12H3,(H,27,29,30)/t19-,21+,22-,26-/m1/s1. The van der Waals surface area contributed by atoms with Gasteiger partial charge in [-0.3, -0.25) is 14.3 Å². The summed E-state index contributed by atoms with van der Waals surface area (Å²) in [5, 5.41) is -0.0911. The van der Waals surface area contributed by atoms with Crippen molar-refractivity contribution in [2.24, 2.45) is 5.92 Å². The Hall–Kier alpha value is -1.71. The van der Waals surface area contributed by atoms with Gasteiger partial charge in [0.15, 0.2) is 22.2 Å². The Morgan fingerprint density at radius 3 is 2.20 bits per heavy atom. The number of nitrogens with one attached hydrogen (secondary N) is 1. The Morgan fingerprint density at radius 2 is 1.74 bits per heavy atom. The molecule has 7 nitrogen and oxygen atoms in total. The average molecular weight is 521 g/mol. The van der Waals surface area contributed by atoms with E-state index in [1.165, 1.54) is 16.8 Å². The first-order chi connectivity index (χ1) is 15.8. The molecule has 196 valence electrons. The molecule has 1 aromatic rings. The Balaban J connectivity index is 2.66. The molecule has 0 spiro atoms. The Kier molecular flexibility index (Phi) is 8.42. The SMILES string of the molecule is C#C[C@]1(CO[Si](C)(C)C(C)(C)C)O[C@@H](n2ccc(=O)[nH]c2=O)[C@H](CC=C)[C@@H]1O[Si](C)(C)C(C)(C)C. The van der Waals surface area contributed by atoms with Gasteiger partial charge in [0.05, 0.1) is 12.7 Å². The molecule has 0 aromatic carbocycles. The summed E-state index contributed by atoms with van der Waals surface area (Å²) < 4.78 is 21.6. The number of ether oxygens (including phenoxy) is 1. The quantitative estimate of drug-likeness (QED) is 0.295. The molecular formula is C26H44N2O5Si2. The van der Waals surface area contributed by atoms with Crippen LogP contribution in [0.4, 0.5) is 0 Å². The number of H-pyrrole nitrogens is 1. The van der Waals surface area contributed by atoms with Gasteiger partial charge in [-0.05, 0) is 42.7 Å². The van der Waals surface area contributed by atoms with Crippen molar-refractivity contribution in [3.63, 3.8) is 0 Å². The molecular weight excluding hydrogens is 476 g/mol. The molecule has 0 unspecified atom stereocenters. The van der Waals surface area contributed by atoms with E-state index in [4.69, 9.17) is 20.0 Å². The lowest BCUT2D eigenvalue weighted by molar-refractivity contribution is -0.0871. The zero-order valence-electron chi connectivity index (χ0n) is 23.2. The van der Waals surface area contributed by atoms with Crippen LogP contribution in [0.1, 0.15) is 54.2 Å². The highest BCUT2D eigenvalue weighted by molar-refractivity contribution is 6.74. The predicted octanol–water partition coefficient (Wildman–Crippen LogP) is 5.04. The number of hydrogen-bond acceptors (Lipinski definition) is 5. The first kappa shape index (κ1) is 29.5. The van der Waals surface area contributed by atoms with Gasteiger partial charge in [0.25, 0.3) is 5.56 Å². The molecule has 1 N–H and O–H groups in total. The fraction of sp³-hybridized carbons (Fsp3) is 0.692. The highest BCUT2D eigenvalue weighted by atomic mass is 28.4. The molecule has 0 saturated carbocycles. The molecule has 9 heteroatoms. The summed E-state index contributed by atoms with van der Waals surface area (Å²) in [5.74, 6) is 2.59. The van der Waals surface area contributed by atoms with Gasteiger partial charge in [0.2, 0.25) is 0 Å². The molecule has 2 rings (SSSR count). The predicted molar refractivity (Wildman–Crippen MR) is 147 cm³/mol. The first-order valence-electron chi connectivity index (χ1n) is 12.2. The monoisotopic (exact) mass is 520 g/mol. The van der Waals surface area contributed by atoms with Crippen molar-refractivity contribution in [2.75, 3.05) is 6.61 Å². The molecule has 0 aliphatic carbocycles. The second-order valence-electron chi connectivity index (χ2n) is 12.6. The molecule has 1 saturated heterocycles. The van der Waals surface area contributed by atoms with E-state index in [0.29, 0.717) is 6.42 Å². The van der Waals surface area contributed by atoms with E-state index in [1.807, 2.05) is 0 Å². The molecule has 1 aliphatic heterocycles. The maximum atomic E-state index is 12.8. The molecule has 35 heavy (non-hydrogen) atoms. The van der Waals surface area contributed by atoms with E-state index >= 15 is 0 Å². The van der Waals surface area contributed by atoms with E-state index in [0.717, 1.165) is 0 Å². The van der Waals surface area contributed by atoms with Crippen molar-refractivity contribution in [1.82, 2.24) is 9.55 Å². The van der Waals surface area contributed by atoms with Gasteiger partial charge in [-0.15, -0.1) is 13.0 Å². The zero-order valence-corrected chi connectivity index (χ0v) is 25.2. The Bertz CT molecular complexity index is 1070. The molecule has 1 fully saturated rings. The van der Waals surface area contributed by atoms with E-state index in [2.05, 4.69) is 85.2 Å². The molecule has 1 aliphatic rings. The minimum atomic E-state index is -2.31. The summed E-state index contributed by atoms with van der Waals surface area (Å²) in [6.07, 6.45) is 8.70. The fourth-order valence-corrected chi connectivity index (χ4v) is 6.01. The van der Waals surface area contributed by atoms with Crippen molar-refractivity contribution in [2.45, 2.75) is 102 Å². The van der Waals surface area contributed by atoms with Crippen molar-refractivity contribution in [1.29, 1.82) is 0 Å². The van der Waals surface area contributed by atoms with Crippen molar-refractivity contribution in [3.8, 4) is 12.3 Å². The summed E-state index contributed by atoms with van der Waals surface area (Å²) in [4.78, 5) is 26.8. The fourth-order valence-electron chi connectivity index (χ4n) is 3.64. The Morgan fingerprint density at radius 1 is 1.17 bits per heavy atom. The first-order valence-corrected chi connectivity index (χ1v) is 18.0. The lowest BCUT2D eigenvalue weighted by Crippen LogP contribution is -2.55. The van der Waals surface area contributed by atoms with Gasteiger partial charge in [-0.1, -0.05) is 53.5 Å². The number of allylic oxidation sites excluding steroid dienone is 1. The van der Waals surface area contributed by atoms with Gasteiger partial charge >= 0.3 is 5.69 Å². The molecule has 4 atom stereocenters. The summed E-state index contributed by atoms with van der Waals surface area (Å²) in [5.41, 5.74) is -2.23. The van der Waals surface area contributed by atoms with Gasteiger partial charge in [0.1, 0.15) is 6.23 Å².